The van der Waals surface area contributed by atoms with Crippen LogP contribution in [0.4, 0.5) is 4.79 Å². The lowest BCUT2D eigenvalue weighted by Gasteiger charge is -2.20. The number of carbonyl (C=O) groups is 1. The molecule has 1 amide bonds. The van der Waals surface area contributed by atoms with Gasteiger partial charge in [-0.1, -0.05) is 12.5 Å². The fourth-order valence-corrected chi connectivity index (χ4v) is 0.644. The van der Waals surface area contributed by atoms with E-state index in [0.29, 0.717) is 5.70 Å². The molecule has 1 atom stereocenters. The van der Waals surface area contributed by atoms with E-state index >= 15 is 0 Å². The van der Waals surface area contributed by atoms with Crippen molar-refractivity contribution in [1.29, 1.82) is 0 Å². The first-order valence-electron chi connectivity index (χ1n) is 4.41. The van der Waals surface area contributed by atoms with Gasteiger partial charge in [0.05, 0.1) is 5.92 Å². The summed E-state index contributed by atoms with van der Waals surface area (Å²) in [5.74, 6) is 2.27. The first-order valence-corrected chi connectivity index (χ1v) is 4.41. The molecule has 0 spiro atoms. The minimum absolute atomic E-state index is 0.192. The number of carbonyl (C=O) groups excluding carboxylic acids is 1. The average molecular weight is 195 g/mol. The number of terminal acetylenes is 1. The predicted octanol–water partition coefficient (Wildman–Crippen LogP) is 2.29. The minimum Gasteiger partial charge on any atom is -0.444 e. The van der Waals surface area contributed by atoms with E-state index < -0.39 is 11.7 Å². The van der Waals surface area contributed by atoms with E-state index in [0.717, 1.165) is 0 Å². The predicted molar refractivity (Wildman–Crippen MR) is 56.5 cm³/mol. The van der Waals surface area contributed by atoms with Crippen LogP contribution in [0.5, 0.6) is 0 Å². The van der Waals surface area contributed by atoms with E-state index in [9.17, 15) is 4.79 Å². The quantitative estimate of drug-likeness (QED) is 0.686. The van der Waals surface area contributed by atoms with Crippen molar-refractivity contribution in [2.24, 2.45) is 5.92 Å². The number of allylic oxidation sites excluding steroid dienone is 1. The smallest absolute Gasteiger partial charge is 0.411 e. The monoisotopic (exact) mass is 195 g/mol. The van der Waals surface area contributed by atoms with Crippen LogP contribution in [0.15, 0.2) is 12.3 Å². The van der Waals surface area contributed by atoms with E-state index in [1.807, 2.05) is 0 Å². The molecule has 0 aromatic carbocycles. The molecular weight excluding hydrogens is 178 g/mol. The van der Waals surface area contributed by atoms with Gasteiger partial charge in [-0.15, -0.1) is 6.42 Å². The highest BCUT2D eigenvalue weighted by Crippen LogP contribution is 2.08. The molecule has 0 radical (unpaired) electrons. The Morgan fingerprint density at radius 2 is 2.07 bits per heavy atom. The maximum absolute atomic E-state index is 11.2. The molecule has 0 aliphatic carbocycles. The van der Waals surface area contributed by atoms with Crippen molar-refractivity contribution in [2.45, 2.75) is 33.3 Å². The molecule has 3 heteroatoms. The third-order valence-corrected chi connectivity index (χ3v) is 1.43. The van der Waals surface area contributed by atoms with Gasteiger partial charge in [-0.3, -0.25) is 5.32 Å². The average Bonchev–Trinajstić information content (AvgIpc) is 1.99. The van der Waals surface area contributed by atoms with Gasteiger partial charge in [0.2, 0.25) is 0 Å². The van der Waals surface area contributed by atoms with Crippen molar-refractivity contribution in [3.8, 4) is 12.3 Å². The number of hydrogen-bond donors (Lipinski definition) is 1. The molecule has 0 saturated carbocycles. The molecule has 0 saturated heterocycles. The third-order valence-electron chi connectivity index (χ3n) is 1.43. The van der Waals surface area contributed by atoms with Crippen molar-refractivity contribution in [3.63, 3.8) is 0 Å². The van der Waals surface area contributed by atoms with Gasteiger partial charge in [0.1, 0.15) is 5.60 Å². The van der Waals surface area contributed by atoms with Gasteiger partial charge in [0, 0.05) is 5.70 Å². The molecule has 78 valence electrons. The number of hydrogen-bond acceptors (Lipinski definition) is 2. The zero-order chi connectivity index (χ0) is 11.4. The molecule has 1 N–H and O–H groups in total. The van der Waals surface area contributed by atoms with Crippen LogP contribution in [0.25, 0.3) is 0 Å². The summed E-state index contributed by atoms with van der Waals surface area (Å²) in [5.41, 5.74) is -0.0363. The van der Waals surface area contributed by atoms with Gasteiger partial charge in [-0.05, 0) is 27.7 Å². The first-order chi connectivity index (χ1) is 6.26. The van der Waals surface area contributed by atoms with Gasteiger partial charge in [-0.25, -0.2) is 4.79 Å². The van der Waals surface area contributed by atoms with E-state index in [2.05, 4.69) is 17.8 Å². The summed E-state index contributed by atoms with van der Waals surface area (Å²) in [6.07, 6.45) is 4.65. The number of amides is 1. The Balaban J connectivity index is 4.10. The lowest BCUT2D eigenvalue weighted by atomic mass is 10.1. The molecule has 14 heavy (non-hydrogen) atoms. The lowest BCUT2D eigenvalue weighted by molar-refractivity contribution is 0.0543. The molecule has 0 aromatic rings. The Bertz CT molecular complexity index is 268. The lowest BCUT2D eigenvalue weighted by Crippen LogP contribution is -2.33. The Morgan fingerprint density at radius 3 is 2.43 bits per heavy atom. The number of ether oxygens (including phenoxy) is 1. The second-order valence-corrected chi connectivity index (χ2v) is 4.04. The maximum atomic E-state index is 11.2. The molecule has 0 rings (SSSR count). The highest BCUT2D eigenvalue weighted by Gasteiger charge is 2.17. The van der Waals surface area contributed by atoms with Crippen molar-refractivity contribution in [1.82, 2.24) is 5.32 Å². The minimum atomic E-state index is -0.524. The largest absolute Gasteiger partial charge is 0.444 e. The summed E-state index contributed by atoms with van der Waals surface area (Å²) in [5, 5.41) is 2.49. The normalized spacial score (nSPS) is 12.5. The van der Waals surface area contributed by atoms with Crippen LogP contribution in [-0.4, -0.2) is 11.7 Å². The summed E-state index contributed by atoms with van der Waals surface area (Å²) in [6.45, 7) is 10.8. The molecule has 0 aliphatic heterocycles. The molecule has 0 heterocycles. The summed E-state index contributed by atoms with van der Waals surface area (Å²) < 4.78 is 5.02. The van der Waals surface area contributed by atoms with E-state index in [4.69, 9.17) is 11.2 Å². The summed E-state index contributed by atoms with van der Waals surface area (Å²) in [6, 6.07) is 0. The van der Waals surface area contributed by atoms with Crippen LogP contribution in [0.3, 0.4) is 0 Å². The molecule has 0 aliphatic rings. The molecule has 0 fully saturated rings. The Hall–Kier alpha value is -1.43. The van der Waals surface area contributed by atoms with Crippen LogP contribution in [0.2, 0.25) is 0 Å². The van der Waals surface area contributed by atoms with Gasteiger partial charge >= 0.3 is 6.09 Å². The van der Waals surface area contributed by atoms with Crippen LogP contribution in [-0.2, 0) is 4.74 Å². The van der Waals surface area contributed by atoms with Crippen LogP contribution < -0.4 is 5.32 Å². The van der Waals surface area contributed by atoms with Crippen LogP contribution in [0, 0.1) is 18.3 Å². The standard InChI is InChI=1S/C11H17NO2/c1-7-8(2)9(3)12-10(13)14-11(4,5)6/h1,8H,3H2,2,4-6H3,(H,12,13)/t8-/m1/s1. The second-order valence-electron chi connectivity index (χ2n) is 4.04. The Labute approximate surface area is 85.5 Å². The molecule has 0 unspecified atom stereocenters. The van der Waals surface area contributed by atoms with Crippen molar-refractivity contribution in [3.05, 3.63) is 12.3 Å². The zero-order valence-electron chi connectivity index (χ0n) is 9.18. The zero-order valence-corrected chi connectivity index (χ0v) is 9.18. The number of nitrogens with one attached hydrogen (secondary N) is 1. The topological polar surface area (TPSA) is 38.3 Å². The molecule has 0 aromatic heterocycles. The van der Waals surface area contributed by atoms with E-state index in [1.54, 1.807) is 27.7 Å². The SMILES string of the molecule is C#C[C@@H](C)C(=C)NC(=O)OC(C)(C)C. The maximum Gasteiger partial charge on any atom is 0.411 e. The summed E-state index contributed by atoms with van der Waals surface area (Å²) in [7, 11) is 0. The number of alkyl carbamates (subject to hydrolysis) is 1. The fraction of sp³-hybridized carbons (Fsp3) is 0.545. The van der Waals surface area contributed by atoms with Gasteiger partial charge in [0.25, 0.3) is 0 Å². The summed E-state index contributed by atoms with van der Waals surface area (Å²) in [4.78, 5) is 11.2. The van der Waals surface area contributed by atoms with Crippen molar-refractivity contribution < 1.29 is 9.53 Å². The van der Waals surface area contributed by atoms with Crippen molar-refractivity contribution >= 4 is 6.09 Å². The molecular formula is C11H17NO2. The van der Waals surface area contributed by atoms with Crippen LogP contribution >= 0.6 is 0 Å². The number of rotatable bonds is 2. The van der Waals surface area contributed by atoms with Crippen LogP contribution in [0.1, 0.15) is 27.7 Å². The van der Waals surface area contributed by atoms with Gasteiger partial charge in [0.15, 0.2) is 0 Å². The molecule has 0 bridgehead atoms. The highest BCUT2D eigenvalue weighted by atomic mass is 16.6. The molecule has 3 nitrogen and oxygen atoms in total. The van der Waals surface area contributed by atoms with E-state index in [1.165, 1.54) is 0 Å². The third kappa shape index (κ3) is 5.26. The van der Waals surface area contributed by atoms with E-state index in [-0.39, 0.29) is 5.92 Å². The summed E-state index contributed by atoms with van der Waals surface area (Å²) >= 11 is 0. The Kier molecular flexibility index (Phi) is 4.23. The van der Waals surface area contributed by atoms with Crippen molar-refractivity contribution in [2.75, 3.05) is 0 Å². The fourth-order valence-electron chi connectivity index (χ4n) is 0.644. The highest BCUT2D eigenvalue weighted by molar-refractivity contribution is 5.70. The first kappa shape index (κ1) is 12.6. The van der Waals surface area contributed by atoms with Gasteiger partial charge < -0.3 is 4.74 Å². The van der Waals surface area contributed by atoms with Gasteiger partial charge in [-0.2, -0.15) is 0 Å². The Morgan fingerprint density at radius 1 is 1.57 bits per heavy atom. The second kappa shape index (κ2) is 4.71.